The van der Waals surface area contributed by atoms with Gasteiger partial charge in [-0.2, -0.15) is 0 Å². The van der Waals surface area contributed by atoms with E-state index in [1.807, 2.05) is 12.1 Å². The fraction of sp³-hybridized carbons (Fsp3) is 0.636. The average Bonchev–Trinajstić information content (AvgIpc) is 2.45. The zero-order valence-electron chi connectivity index (χ0n) is 9.23. The highest BCUT2D eigenvalue weighted by Crippen LogP contribution is 2.34. The van der Waals surface area contributed by atoms with E-state index >= 15 is 0 Å². The summed E-state index contributed by atoms with van der Waals surface area (Å²) in [5.41, 5.74) is 0.160. The van der Waals surface area contributed by atoms with E-state index in [1.165, 1.54) is 0 Å². The molecule has 1 aromatic rings. The Morgan fingerprint density at radius 3 is 2.43 bits per heavy atom. The molecular weight excluding hydrogens is 242 g/mol. The minimum atomic E-state index is 0.160. The molecule has 1 unspecified atom stereocenters. The van der Waals surface area contributed by atoms with E-state index in [0.717, 1.165) is 17.0 Å². The van der Waals surface area contributed by atoms with Crippen molar-refractivity contribution in [1.29, 1.82) is 0 Å². The van der Waals surface area contributed by atoms with Crippen LogP contribution in [-0.2, 0) is 0 Å². The van der Waals surface area contributed by atoms with Gasteiger partial charge in [0.05, 0.1) is 6.04 Å². The van der Waals surface area contributed by atoms with Gasteiger partial charge < -0.3 is 9.73 Å². The van der Waals surface area contributed by atoms with E-state index in [9.17, 15) is 0 Å². The van der Waals surface area contributed by atoms with Crippen LogP contribution in [0, 0.1) is 5.41 Å². The molecule has 1 atom stereocenters. The lowest BCUT2D eigenvalue weighted by Crippen LogP contribution is -2.31. The molecule has 14 heavy (non-hydrogen) atoms. The minimum absolute atomic E-state index is 0.160. The van der Waals surface area contributed by atoms with Crippen LogP contribution < -0.4 is 5.32 Å². The first-order chi connectivity index (χ1) is 6.45. The smallest absolute Gasteiger partial charge is 0.169 e. The highest BCUT2D eigenvalue weighted by molar-refractivity contribution is 9.10. The van der Waals surface area contributed by atoms with Gasteiger partial charge in [0.1, 0.15) is 5.76 Å². The van der Waals surface area contributed by atoms with Crippen molar-refractivity contribution >= 4 is 15.9 Å². The molecule has 1 aromatic heterocycles. The maximum atomic E-state index is 5.58. The van der Waals surface area contributed by atoms with Gasteiger partial charge in [0, 0.05) is 0 Å². The highest BCUT2D eigenvalue weighted by Gasteiger charge is 2.27. The fourth-order valence-electron chi connectivity index (χ4n) is 1.52. The summed E-state index contributed by atoms with van der Waals surface area (Å²) in [5.74, 6) is 0.992. The molecule has 2 nitrogen and oxygen atoms in total. The summed E-state index contributed by atoms with van der Waals surface area (Å²) in [6.07, 6.45) is 0. The lowest BCUT2D eigenvalue weighted by Gasteiger charge is -2.29. The molecule has 3 heteroatoms. The number of hydrogen-bond acceptors (Lipinski definition) is 2. The van der Waals surface area contributed by atoms with E-state index in [-0.39, 0.29) is 11.5 Å². The predicted octanol–water partition coefficient (Wildman–Crippen LogP) is 3.74. The molecule has 1 N–H and O–H groups in total. The van der Waals surface area contributed by atoms with Crippen LogP contribution in [-0.4, -0.2) is 6.54 Å². The van der Waals surface area contributed by atoms with Crippen LogP contribution in [0.5, 0.6) is 0 Å². The lowest BCUT2D eigenvalue weighted by molar-refractivity contribution is 0.238. The molecule has 0 aliphatic heterocycles. The molecule has 0 saturated heterocycles. The Bertz CT molecular complexity index is 288. The summed E-state index contributed by atoms with van der Waals surface area (Å²) in [4.78, 5) is 0. The van der Waals surface area contributed by atoms with Gasteiger partial charge in [-0.1, -0.05) is 27.7 Å². The molecule has 0 saturated carbocycles. The van der Waals surface area contributed by atoms with Crippen LogP contribution in [0.1, 0.15) is 39.5 Å². The van der Waals surface area contributed by atoms with Gasteiger partial charge in [-0.05, 0) is 40.0 Å². The number of rotatable bonds is 3. The minimum Gasteiger partial charge on any atom is -0.453 e. The molecular formula is C11H18BrNO. The third-order valence-corrected chi connectivity index (χ3v) is 2.58. The Morgan fingerprint density at radius 2 is 2.07 bits per heavy atom. The van der Waals surface area contributed by atoms with Crippen LogP contribution in [0.4, 0.5) is 0 Å². The molecule has 0 bridgehead atoms. The maximum Gasteiger partial charge on any atom is 0.169 e. The van der Waals surface area contributed by atoms with Gasteiger partial charge >= 0.3 is 0 Å². The second-order valence-corrected chi connectivity index (χ2v) is 5.28. The molecule has 0 aliphatic carbocycles. The van der Waals surface area contributed by atoms with Crippen LogP contribution in [0.3, 0.4) is 0 Å². The van der Waals surface area contributed by atoms with Crippen molar-refractivity contribution in [2.24, 2.45) is 5.41 Å². The molecule has 80 valence electrons. The summed E-state index contributed by atoms with van der Waals surface area (Å²) in [7, 11) is 0. The van der Waals surface area contributed by atoms with Gasteiger partial charge in [0.25, 0.3) is 0 Å². The van der Waals surface area contributed by atoms with Crippen LogP contribution >= 0.6 is 15.9 Å². The normalized spacial score (nSPS) is 14.4. The summed E-state index contributed by atoms with van der Waals surface area (Å²) in [5, 5.41) is 3.44. The van der Waals surface area contributed by atoms with Gasteiger partial charge in [-0.15, -0.1) is 0 Å². The molecule has 1 rings (SSSR count). The molecule has 0 amide bonds. The largest absolute Gasteiger partial charge is 0.453 e. The standard InChI is InChI=1S/C11H18BrNO/c1-5-13-10(11(2,3)4)8-6-7-9(12)14-8/h6-7,10,13H,5H2,1-4H3. The molecule has 0 radical (unpaired) electrons. The molecule has 0 aliphatic rings. The molecule has 1 heterocycles. The summed E-state index contributed by atoms with van der Waals surface area (Å²) < 4.78 is 6.37. The average molecular weight is 260 g/mol. The Morgan fingerprint density at radius 1 is 1.43 bits per heavy atom. The topological polar surface area (TPSA) is 25.2 Å². The van der Waals surface area contributed by atoms with Gasteiger partial charge in [0.15, 0.2) is 4.67 Å². The van der Waals surface area contributed by atoms with Crippen molar-refractivity contribution in [3.63, 3.8) is 0 Å². The van der Waals surface area contributed by atoms with E-state index < -0.39 is 0 Å². The third-order valence-electron chi connectivity index (χ3n) is 2.15. The van der Waals surface area contributed by atoms with Crippen molar-refractivity contribution in [3.05, 3.63) is 22.6 Å². The molecule has 0 aromatic carbocycles. The summed E-state index contributed by atoms with van der Waals surface area (Å²) in [6.45, 7) is 9.67. The SMILES string of the molecule is CCNC(c1ccc(Br)o1)C(C)(C)C. The zero-order chi connectivity index (χ0) is 10.8. The Hall–Kier alpha value is -0.280. The van der Waals surface area contributed by atoms with Crippen molar-refractivity contribution in [2.45, 2.75) is 33.7 Å². The molecule has 0 spiro atoms. The third kappa shape index (κ3) is 2.85. The number of hydrogen-bond donors (Lipinski definition) is 1. The van der Waals surface area contributed by atoms with Gasteiger partial charge in [0.2, 0.25) is 0 Å². The van der Waals surface area contributed by atoms with Crippen molar-refractivity contribution in [3.8, 4) is 0 Å². The first-order valence-corrected chi connectivity index (χ1v) is 5.73. The summed E-state index contributed by atoms with van der Waals surface area (Å²) in [6, 6.07) is 4.22. The first kappa shape index (κ1) is 11.8. The maximum absolute atomic E-state index is 5.58. The molecule has 0 fully saturated rings. The zero-order valence-corrected chi connectivity index (χ0v) is 10.8. The van der Waals surface area contributed by atoms with E-state index in [2.05, 4.69) is 48.9 Å². The van der Waals surface area contributed by atoms with E-state index in [1.54, 1.807) is 0 Å². The Kier molecular flexibility index (Phi) is 3.78. The van der Waals surface area contributed by atoms with Crippen LogP contribution in [0.15, 0.2) is 21.2 Å². The Balaban J connectivity index is 2.88. The van der Waals surface area contributed by atoms with Crippen molar-refractivity contribution in [2.75, 3.05) is 6.54 Å². The monoisotopic (exact) mass is 259 g/mol. The highest BCUT2D eigenvalue weighted by atomic mass is 79.9. The second kappa shape index (κ2) is 4.49. The Labute approximate surface area is 94.2 Å². The fourth-order valence-corrected chi connectivity index (χ4v) is 1.84. The van der Waals surface area contributed by atoms with E-state index in [4.69, 9.17) is 4.42 Å². The number of furan rings is 1. The first-order valence-electron chi connectivity index (χ1n) is 4.93. The lowest BCUT2D eigenvalue weighted by atomic mass is 9.85. The van der Waals surface area contributed by atoms with E-state index in [0.29, 0.717) is 0 Å². The quantitative estimate of drug-likeness (QED) is 0.895. The van der Waals surface area contributed by atoms with Crippen molar-refractivity contribution in [1.82, 2.24) is 5.32 Å². The summed E-state index contributed by atoms with van der Waals surface area (Å²) >= 11 is 3.32. The van der Waals surface area contributed by atoms with Gasteiger partial charge in [-0.25, -0.2) is 0 Å². The predicted molar refractivity (Wildman–Crippen MR) is 62.3 cm³/mol. The van der Waals surface area contributed by atoms with Crippen molar-refractivity contribution < 1.29 is 4.42 Å². The number of nitrogens with one attached hydrogen (secondary N) is 1. The van der Waals surface area contributed by atoms with Crippen LogP contribution in [0.25, 0.3) is 0 Å². The van der Waals surface area contributed by atoms with Crippen LogP contribution in [0.2, 0.25) is 0 Å². The second-order valence-electron chi connectivity index (χ2n) is 4.50. The number of halogens is 1. The van der Waals surface area contributed by atoms with Gasteiger partial charge in [-0.3, -0.25) is 0 Å².